The molecule has 0 aliphatic heterocycles. The molecule has 1 aromatic heterocycles. The van der Waals surface area contributed by atoms with Crippen LogP contribution in [0.25, 0.3) is 22.5 Å². The Kier molecular flexibility index (Phi) is 4.28. The topological polar surface area (TPSA) is 12.9 Å². The molecule has 3 rings (SSSR count). The van der Waals surface area contributed by atoms with Crippen LogP contribution in [0, 0.1) is 13.8 Å². The van der Waals surface area contributed by atoms with Crippen LogP contribution in [0.2, 0.25) is 0 Å². The lowest BCUT2D eigenvalue weighted by Crippen LogP contribution is -2.12. The second-order valence-corrected chi connectivity index (χ2v) is 7.62. The number of pyridine rings is 1. The maximum absolute atomic E-state index is 4.97. The number of rotatable bonds is 2. The minimum atomic E-state index is 0.0834. The first-order chi connectivity index (χ1) is 11.3. The van der Waals surface area contributed by atoms with Gasteiger partial charge in [0.25, 0.3) is 0 Å². The predicted octanol–water partition coefficient (Wildman–Crippen LogP) is 6.33. The Morgan fingerprint density at radius 2 is 1.12 bits per heavy atom. The highest BCUT2D eigenvalue weighted by Gasteiger charge is 2.17. The number of hydrogen-bond acceptors (Lipinski definition) is 1. The molecule has 0 unspecified atom stereocenters. The molecule has 1 nitrogen and oxygen atoms in total. The number of benzene rings is 2. The van der Waals surface area contributed by atoms with E-state index in [0.29, 0.717) is 0 Å². The van der Waals surface area contributed by atoms with Gasteiger partial charge in [-0.1, -0.05) is 68.3 Å². The lowest BCUT2D eigenvalue weighted by atomic mass is 9.85. The Labute approximate surface area is 145 Å². The lowest BCUT2D eigenvalue weighted by Gasteiger charge is -2.21. The molecular formula is C23H25N. The third-order valence-corrected chi connectivity index (χ3v) is 4.32. The van der Waals surface area contributed by atoms with E-state index in [4.69, 9.17) is 4.98 Å². The predicted molar refractivity (Wildman–Crippen MR) is 103 cm³/mol. The minimum absolute atomic E-state index is 0.0834. The summed E-state index contributed by atoms with van der Waals surface area (Å²) in [6, 6.07) is 21.6. The monoisotopic (exact) mass is 315 g/mol. The molecule has 3 aromatic rings. The molecule has 0 N–H and O–H groups in total. The molecule has 0 saturated carbocycles. The van der Waals surface area contributed by atoms with E-state index in [2.05, 4.69) is 95.3 Å². The van der Waals surface area contributed by atoms with Crippen LogP contribution in [-0.4, -0.2) is 4.98 Å². The fourth-order valence-electron chi connectivity index (χ4n) is 2.87. The normalized spacial score (nSPS) is 11.5. The molecule has 24 heavy (non-hydrogen) atoms. The van der Waals surface area contributed by atoms with Gasteiger partial charge in [0.05, 0.1) is 11.4 Å². The summed E-state index contributed by atoms with van der Waals surface area (Å²) in [6.45, 7) is 11.0. The van der Waals surface area contributed by atoms with E-state index >= 15 is 0 Å². The first kappa shape index (κ1) is 16.4. The van der Waals surface area contributed by atoms with Crippen molar-refractivity contribution >= 4 is 0 Å². The highest BCUT2D eigenvalue weighted by atomic mass is 14.7. The molecule has 1 heteroatoms. The zero-order valence-corrected chi connectivity index (χ0v) is 15.2. The summed E-state index contributed by atoms with van der Waals surface area (Å²) in [4.78, 5) is 4.97. The Balaban J connectivity index is 2.21. The largest absolute Gasteiger partial charge is 0.248 e. The van der Waals surface area contributed by atoms with Gasteiger partial charge in [-0.25, -0.2) is 4.98 Å². The van der Waals surface area contributed by atoms with Gasteiger partial charge in [0.2, 0.25) is 0 Å². The van der Waals surface area contributed by atoms with Crippen LogP contribution in [0.1, 0.15) is 37.5 Å². The zero-order valence-electron chi connectivity index (χ0n) is 15.2. The standard InChI is InChI=1S/C23H25N/c1-16-8-6-10-18(12-16)21-14-20(23(3,4)5)15-22(24-21)19-11-7-9-17(2)13-19/h6-15H,1-5H3. The van der Waals surface area contributed by atoms with Crippen molar-refractivity contribution in [1.82, 2.24) is 4.98 Å². The molecule has 122 valence electrons. The zero-order chi connectivity index (χ0) is 17.3. The van der Waals surface area contributed by atoms with E-state index in [1.807, 2.05) is 0 Å². The van der Waals surface area contributed by atoms with Crippen molar-refractivity contribution < 1.29 is 0 Å². The van der Waals surface area contributed by atoms with Gasteiger partial charge in [-0.05, 0) is 49.1 Å². The summed E-state index contributed by atoms with van der Waals surface area (Å²) in [5, 5.41) is 0. The van der Waals surface area contributed by atoms with E-state index in [-0.39, 0.29) is 5.41 Å². The van der Waals surface area contributed by atoms with Gasteiger partial charge < -0.3 is 0 Å². The maximum atomic E-state index is 4.97. The van der Waals surface area contributed by atoms with Crippen LogP contribution in [-0.2, 0) is 5.41 Å². The van der Waals surface area contributed by atoms with Crippen molar-refractivity contribution in [2.75, 3.05) is 0 Å². The molecule has 0 fully saturated rings. The van der Waals surface area contributed by atoms with Crippen LogP contribution >= 0.6 is 0 Å². The fraction of sp³-hybridized carbons (Fsp3) is 0.261. The van der Waals surface area contributed by atoms with Crippen molar-refractivity contribution in [2.24, 2.45) is 0 Å². The quantitative estimate of drug-likeness (QED) is 0.538. The smallest absolute Gasteiger partial charge is 0.0712 e. The summed E-state index contributed by atoms with van der Waals surface area (Å²) in [6.07, 6.45) is 0. The van der Waals surface area contributed by atoms with Gasteiger partial charge in [0.15, 0.2) is 0 Å². The molecule has 0 amide bonds. The Hall–Kier alpha value is -2.41. The van der Waals surface area contributed by atoms with E-state index in [9.17, 15) is 0 Å². The molecule has 2 aromatic carbocycles. The first-order valence-electron chi connectivity index (χ1n) is 8.49. The first-order valence-corrected chi connectivity index (χ1v) is 8.49. The van der Waals surface area contributed by atoms with Crippen molar-refractivity contribution in [1.29, 1.82) is 0 Å². The van der Waals surface area contributed by atoms with Crippen LogP contribution in [0.3, 0.4) is 0 Å². The third-order valence-electron chi connectivity index (χ3n) is 4.32. The second kappa shape index (κ2) is 6.24. The summed E-state index contributed by atoms with van der Waals surface area (Å²) >= 11 is 0. The van der Waals surface area contributed by atoms with Gasteiger partial charge in [-0.15, -0.1) is 0 Å². The molecular weight excluding hydrogens is 290 g/mol. The van der Waals surface area contributed by atoms with Crippen LogP contribution in [0.5, 0.6) is 0 Å². The van der Waals surface area contributed by atoms with Crippen molar-refractivity contribution in [3.63, 3.8) is 0 Å². The van der Waals surface area contributed by atoms with Gasteiger partial charge in [-0.2, -0.15) is 0 Å². The molecule has 0 saturated heterocycles. The lowest BCUT2D eigenvalue weighted by molar-refractivity contribution is 0.590. The highest BCUT2D eigenvalue weighted by Crippen LogP contribution is 2.31. The number of hydrogen-bond donors (Lipinski definition) is 0. The van der Waals surface area contributed by atoms with Crippen LogP contribution in [0.4, 0.5) is 0 Å². The summed E-state index contributed by atoms with van der Waals surface area (Å²) in [5.74, 6) is 0. The fourth-order valence-corrected chi connectivity index (χ4v) is 2.87. The molecule has 0 bridgehead atoms. The molecule has 0 radical (unpaired) electrons. The van der Waals surface area contributed by atoms with Gasteiger partial charge in [-0.3, -0.25) is 0 Å². The average Bonchev–Trinajstić information content (AvgIpc) is 2.53. The van der Waals surface area contributed by atoms with Gasteiger partial charge in [0, 0.05) is 11.1 Å². The molecule has 1 heterocycles. The van der Waals surface area contributed by atoms with E-state index in [1.165, 1.54) is 27.8 Å². The molecule has 0 aliphatic rings. The Morgan fingerprint density at radius 3 is 1.50 bits per heavy atom. The van der Waals surface area contributed by atoms with E-state index < -0.39 is 0 Å². The van der Waals surface area contributed by atoms with Gasteiger partial charge >= 0.3 is 0 Å². The summed E-state index contributed by atoms with van der Waals surface area (Å²) in [5.41, 5.74) is 8.35. The number of aryl methyl sites for hydroxylation is 2. The Bertz CT molecular complexity index is 805. The van der Waals surface area contributed by atoms with E-state index in [1.54, 1.807) is 0 Å². The second-order valence-electron chi connectivity index (χ2n) is 7.62. The third kappa shape index (κ3) is 3.56. The van der Waals surface area contributed by atoms with Crippen LogP contribution in [0.15, 0.2) is 60.7 Å². The summed E-state index contributed by atoms with van der Waals surface area (Å²) < 4.78 is 0. The van der Waals surface area contributed by atoms with Crippen molar-refractivity contribution in [2.45, 2.75) is 40.0 Å². The minimum Gasteiger partial charge on any atom is -0.248 e. The number of nitrogens with zero attached hydrogens (tertiary/aromatic N) is 1. The van der Waals surface area contributed by atoms with Crippen LogP contribution < -0.4 is 0 Å². The van der Waals surface area contributed by atoms with E-state index in [0.717, 1.165) is 11.4 Å². The molecule has 0 atom stereocenters. The molecule has 0 aliphatic carbocycles. The number of aromatic nitrogens is 1. The maximum Gasteiger partial charge on any atom is 0.0712 e. The SMILES string of the molecule is Cc1cccc(-c2cc(C(C)(C)C)cc(-c3cccc(C)c3)n2)c1. The highest BCUT2D eigenvalue weighted by molar-refractivity contribution is 5.68. The van der Waals surface area contributed by atoms with Crippen molar-refractivity contribution in [3.05, 3.63) is 77.4 Å². The average molecular weight is 315 g/mol. The van der Waals surface area contributed by atoms with Crippen molar-refractivity contribution in [3.8, 4) is 22.5 Å². The Morgan fingerprint density at radius 1 is 0.667 bits per heavy atom. The molecule has 0 spiro atoms. The van der Waals surface area contributed by atoms with Gasteiger partial charge in [0.1, 0.15) is 0 Å². The summed E-state index contributed by atoms with van der Waals surface area (Å²) in [7, 11) is 0.